The van der Waals surface area contributed by atoms with E-state index < -0.39 is 0 Å². The minimum atomic E-state index is -0.0911. The van der Waals surface area contributed by atoms with Crippen LogP contribution in [0.15, 0.2) is 24.3 Å². The van der Waals surface area contributed by atoms with Gasteiger partial charge in [-0.1, -0.05) is 34.8 Å². The zero-order chi connectivity index (χ0) is 18.0. The van der Waals surface area contributed by atoms with Crippen LogP contribution in [0.3, 0.4) is 0 Å². The Balaban J connectivity index is 1.59. The van der Waals surface area contributed by atoms with Gasteiger partial charge in [0, 0.05) is 24.7 Å². The summed E-state index contributed by atoms with van der Waals surface area (Å²) in [7, 11) is 0. The molecule has 0 saturated carbocycles. The molecule has 3 N–H and O–H groups in total. The Morgan fingerprint density at radius 3 is 2.32 bits per heavy atom. The van der Waals surface area contributed by atoms with E-state index in [2.05, 4.69) is 20.4 Å². The van der Waals surface area contributed by atoms with Gasteiger partial charge in [-0.25, -0.2) is 0 Å². The fourth-order valence-electron chi connectivity index (χ4n) is 2.75. The minimum absolute atomic E-state index is 0.0567. The number of carbonyl (C=O) groups is 1. The molecule has 1 aliphatic rings. The Morgan fingerprint density at radius 1 is 1.12 bits per heavy atom. The summed E-state index contributed by atoms with van der Waals surface area (Å²) in [5.41, 5.74) is 6.55. The molecule has 132 valence electrons. The molecule has 1 fully saturated rings. The van der Waals surface area contributed by atoms with Crippen LogP contribution in [0.1, 0.15) is 12.8 Å². The summed E-state index contributed by atoms with van der Waals surface area (Å²) in [6.07, 6.45) is 1.43. The third-order valence-electron chi connectivity index (χ3n) is 4.15. The normalized spacial score (nSPS) is 15.2. The summed E-state index contributed by atoms with van der Waals surface area (Å²) >= 11 is 17.7. The summed E-state index contributed by atoms with van der Waals surface area (Å²) in [4.78, 5) is 14.6. The van der Waals surface area contributed by atoms with Gasteiger partial charge in [0.1, 0.15) is 0 Å². The summed E-state index contributed by atoms with van der Waals surface area (Å²) < 4.78 is 0. The Kier molecular flexibility index (Phi) is 5.51. The van der Waals surface area contributed by atoms with Gasteiger partial charge in [0.25, 0.3) is 0 Å². The number of nitrogens with zero attached hydrogens (tertiary/aromatic N) is 3. The van der Waals surface area contributed by atoms with E-state index >= 15 is 0 Å². The van der Waals surface area contributed by atoms with Crippen LogP contribution < -0.4 is 16.0 Å². The van der Waals surface area contributed by atoms with Crippen molar-refractivity contribution in [2.24, 2.45) is 5.92 Å². The first-order valence-corrected chi connectivity index (χ1v) is 8.87. The molecular formula is C16H16Cl3N5O. The molecule has 1 amide bonds. The number of nitrogen functional groups attached to an aromatic ring is 1. The van der Waals surface area contributed by atoms with Crippen molar-refractivity contribution in [3.05, 3.63) is 39.5 Å². The van der Waals surface area contributed by atoms with Crippen molar-refractivity contribution in [3.8, 4) is 0 Å². The predicted octanol–water partition coefficient (Wildman–Crippen LogP) is 3.87. The average molecular weight is 401 g/mol. The fraction of sp³-hybridized carbons (Fsp3) is 0.312. The average Bonchev–Trinajstić information content (AvgIpc) is 2.60. The number of carbonyl (C=O) groups excluding carboxylic acids is 1. The van der Waals surface area contributed by atoms with Crippen LogP contribution in [-0.2, 0) is 4.79 Å². The second kappa shape index (κ2) is 7.64. The molecule has 25 heavy (non-hydrogen) atoms. The maximum absolute atomic E-state index is 12.5. The number of nitrogens with one attached hydrogen (secondary N) is 1. The van der Waals surface area contributed by atoms with Gasteiger partial charge in [0.15, 0.2) is 11.0 Å². The van der Waals surface area contributed by atoms with Gasteiger partial charge < -0.3 is 16.0 Å². The number of piperidine rings is 1. The summed E-state index contributed by atoms with van der Waals surface area (Å²) in [5, 5.41) is 11.8. The lowest BCUT2D eigenvalue weighted by molar-refractivity contribution is -0.120. The van der Waals surface area contributed by atoms with Crippen LogP contribution in [0, 0.1) is 5.92 Å². The highest BCUT2D eigenvalue weighted by Crippen LogP contribution is 2.32. The molecule has 0 radical (unpaired) electrons. The van der Waals surface area contributed by atoms with Gasteiger partial charge in [-0.2, -0.15) is 0 Å². The Labute approximate surface area is 160 Å². The third-order valence-corrected chi connectivity index (χ3v) is 4.98. The first-order chi connectivity index (χ1) is 11.9. The number of anilines is 3. The van der Waals surface area contributed by atoms with Crippen molar-refractivity contribution in [1.29, 1.82) is 0 Å². The quantitative estimate of drug-likeness (QED) is 0.764. The van der Waals surface area contributed by atoms with Gasteiger partial charge in [-0.05, 0) is 37.1 Å². The van der Waals surface area contributed by atoms with Crippen LogP contribution in [0.25, 0.3) is 0 Å². The number of hydrogen-bond acceptors (Lipinski definition) is 5. The number of rotatable bonds is 3. The van der Waals surface area contributed by atoms with Crippen molar-refractivity contribution >= 4 is 57.9 Å². The molecular weight excluding hydrogens is 385 g/mol. The number of aromatic nitrogens is 2. The highest BCUT2D eigenvalue weighted by Gasteiger charge is 2.26. The maximum atomic E-state index is 12.5. The van der Waals surface area contributed by atoms with E-state index in [1.165, 1.54) is 0 Å². The molecule has 1 saturated heterocycles. The molecule has 0 atom stereocenters. The van der Waals surface area contributed by atoms with Gasteiger partial charge in [0.05, 0.1) is 15.7 Å². The molecule has 1 aromatic carbocycles. The first-order valence-electron chi connectivity index (χ1n) is 7.73. The molecule has 0 spiro atoms. The van der Waals surface area contributed by atoms with E-state index in [1.807, 2.05) is 6.07 Å². The van der Waals surface area contributed by atoms with Crippen LogP contribution in [0.2, 0.25) is 15.2 Å². The molecule has 6 nitrogen and oxygen atoms in total. The third kappa shape index (κ3) is 4.26. The SMILES string of the molecule is Nc1c(Cl)cc(NC(=O)C2CCN(c3ccc(Cl)nn3)CC2)cc1Cl. The van der Waals surface area contributed by atoms with Gasteiger partial charge in [-0.3, -0.25) is 4.79 Å². The van der Waals surface area contributed by atoms with Gasteiger partial charge in [-0.15, -0.1) is 10.2 Å². The minimum Gasteiger partial charge on any atom is -0.396 e. The molecule has 0 aliphatic carbocycles. The number of hydrogen-bond donors (Lipinski definition) is 2. The highest BCUT2D eigenvalue weighted by atomic mass is 35.5. The van der Waals surface area contributed by atoms with E-state index in [-0.39, 0.29) is 11.8 Å². The van der Waals surface area contributed by atoms with Crippen molar-refractivity contribution < 1.29 is 4.79 Å². The lowest BCUT2D eigenvalue weighted by atomic mass is 9.96. The molecule has 1 aromatic heterocycles. The van der Waals surface area contributed by atoms with Gasteiger partial charge in [0.2, 0.25) is 5.91 Å². The molecule has 0 unspecified atom stereocenters. The van der Waals surface area contributed by atoms with E-state index in [4.69, 9.17) is 40.5 Å². The smallest absolute Gasteiger partial charge is 0.227 e. The molecule has 9 heteroatoms. The van der Waals surface area contributed by atoms with Crippen molar-refractivity contribution in [2.75, 3.05) is 29.0 Å². The van der Waals surface area contributed by atoms with Crippen molar-refractivity contribution in [2.45, 2.75) is 12.8 Å². The van der Waals surface area contributed by atoms with Crippen LogP contribution in [0.4, 0.5) is 17.2 Å². The Morgan fingerprint density at radius 2 is 1.76 bits per heavy atom. The Hall–Kier alpha value is -1.76. The topological polar surface area (TPSA) is 84.1 Å². The van der Waals surface area contributed by atoms with E-state index in [1.54, 1.807) is 18.2 Å². The second-order valence-electron chi connectivity index (χ2n) is 5.82. The maximum Gasteiger partial charge on any atom is 0.227 e. The predicted molar refractivity (Wildman–Crippen MR) is 101 cm³/mol. The van der Waals surface area contributed by atoms with E-state index in [0.717, 1.165) is 18.9 Å². The number of nitrogens with two attached hydrogens (primary N) is 1. The Bertz CT molecular complexity index is 753. The van der Waals surface area contributed by atoms with Crippen LogP contribution in [-0.4, -0.2) is 29.2 Å². The summed E-state index contributed by atoms with van der Waals surface area (Å²) in [5.74, 6) is 0.616. The first kappa shape index (κ1) is 18.0. The number of halogens is 3. The fourth-order valence-corrected chi connectivity index (χ4v) is 3.34. The van der Waals surface area contributed by atoms with Crippen LogP contribution in [0.5, 0.6) is 0 Å². The van der Waals surface area contributed by atoms with Crippen molar-refractivity contribution in [1.82, 2.24) is 10.2 Å². The van der Waals surface area contributed by atoms with Crippen molar-refractivity contribution in [3.63, 3.8) is 0 Å². The molecule has 2 heterocycles. The highest BCUT2D eigenvalue weighted by molar-refractivity contribution is 6.39. The summed E-state index contributed by atoms with van der Waals surface area (Å²) in [6, 6.07) is 6.73. The second-order valence-corrected chi connectivity index (χ2v) is 7.02. The van der Waals surface area contributed by atoms with Gasteiger partial charge >= 0.3 is 0 Å². The molecule has 1 aliphatic heterocycles. The largest absolute Gasteiger partial charge is 0.396 e. The summed E-state index contributed by atoms with van der Waals surface area (Å²) in [6.45, 7) is 1.44. The lowest BCUT2D eigenvalue weighted by Crippen LogP contribution is -2.38. The molecule has 3 rings (SSSR count). The standard InChI is InChI=1S/C16H16Cl3N5O/c17-11-7-10(8-12(18)15(11)20)21-16(25)9-3-5-24(6-4-9)14-2-1-13(19)22-23-14/h1-2,7-9H,3-6,20H2,(H,21,25). The number of amides is 1. The van der Waals surface area contributed by atoms with E-state index in [9.17, 15) is 4.79 Å². The molecule has 0 bridgehead atoms. The monoisotopic (exact) mass is 399 g/mol. The number of benzene rings is 1. The molecule has 2 aromatic rings. The lowest BCUT2D eigenvalue weighted by Gasteiger charge is -2.31. The zero-order valence-corrected chi connectivity index (χ0v) is 15.4. The van der Waals surface area contributed by atoms with E-state index in [0.29, 0.717) is 39.4 Å². The zero-order valence-electron chi connectivity index (χ0n) is 13.2. The van der Waals surface area contributed by atoms with Crippen LogP contribution >= 0.6 is 34.8 Å².